The molecule has 2 aliphatic rings. The number of aromatic nitrogens is 2. The van der Waals surface area contributed by atoms with Crippen LogP contribution >= 0.6 is 0 Å². The van der Waals surface area contributed by atoms with Crippen molar-refractivity contribution in [3.05, 3.63) is 69.6 Å². The summed E-state index contributed by atoms with van der Waals surface area (Å²) in [6.07, 6.45) is 7.63. The van der Waals surface area contributed by atoms with Crippen molar-refractivity contribution in [3.63, 3.8) is 0 Å². The number of ether oxygens (including phenoxy) is 1. The van der Waals surface area contributed by atoms with Crippen LogP contribution in [-0.4, -0.2) is 34.2 Å². The van der Waals surface area contributed by atoms with Crippen LogP contribution in [0.3, 0.4) is 0 Å². The summed E-state index contributed by atoms with van der Waals surface area (Å²) in [4.78, 5) is 39.6. The van der Waals surface area contributed by atoms with Gasteiger partial charge in [-0.05, 0) is 94.0 Å². The van der Waals surface area contributed by atoms with Gasteiger partial charge in [-0.2, -0.15) is 0 Å². The van der Waals surface area contributed by atoms with Gasteiger partial charge < -0.3 is 20.8 Å². The summed E-state index contributed by atoms with van der Waals surface area (Å²) in [6.45, 7) is 6.75. The molecule has 3 aromatic rings. The average Bonchev–Trinajstić information content (AvgIpc) is 3.18. The predicted molar refractivity (Wildman–Crippen MR) is 169 cm³/mol. The van der Waals surface area contributed by atoms with Gasteiger partial charge in [0, 0.05) is 11.5 Å². The fraction of sp³-hybridized carbons (Fsp3) is 0.471. The van der Waals surface area contributed by atoms with Gasteiger partial charge in [-0.3, -0.25) is 14.6 Å². The summed E-state index contributed by atoms with van der Waals surface area (Å²) < 4.78 is 6.01. The van der Waals surface area contributed by atoms with Crippen molar-refractivity contribution < 1.29 is 9.53 Å². The summed E-state index contributed by atoms with van der Waals surface area (Å²) in [6, 6.07) is 13.8. The predicted octanol–water partition coefficient (Wildman–Crippen LogP) is 6.64. The number of H-pyrrole nitrogens is 1. The van der Waals surface area contributed by atoms with Gasteiger partial charge in [-0.25, -0.2) is 4.98 Å². The molecule has 8 heteroatoms. The fourth-order valence-electron chi connectivity index (χ4n) is 6.27. The second-order valence-corrected chi connectivity index (χ2v) is 11.5. The number of aliphatic imine (C=N–C) groups is 1. The fourth-order valence-corrected chi connectivity index (χ4v) is 6.27. The molecule has 1 amide bonds. The maximum atomic E-state index is 13.4. The molecule has 0 bridgehead atoms. The van der Waals surface area contributed by atoms with Gasteiger partial charge in [0.05, 0.1) is 41.0 Å². The first-order chi connectivity index (χ1) is 20.4. The van der Waals surface area contributed by atoms with Crippen molar-refractivity contribution in [2.75, 3.05) is 17.7 Å². The lowest BCUT2D eigenvalue weighted by molar-refractivity contribution is -0.120. The first-order valence-corrected chi connectivity index (χ1v) is 15.5. The Morgan fingerprint density at radius 2 is 1.86 bits per heavy atom. The number of rotatable bonds is 9. The summed E-state index contributed by atoms with van der Waals surface area (Å²) >= 11 is 0. The summed E-state index contributed by atoms with van der Waals surface area (Å²) in [5, 5.41) is 3.01. The van der Waals surface area contributed by atoms with E-state index in [4.69, 9.17) is 20.4 Å². The zero-order valence-electron chi connectivity index (χ0n) is 25.0. The monoisotopic (exact) mass is 569 g/mol. The minimum absolute atomic E-state index is 0.0281. The molecule has 0 saturated heterocycles. The van der Waals surface area contributed by atoms with Crippen LogP contribution in [0, 0.1) is 5.92 Å². The van der Waals surface area contributed by atoms with E-state index in [1.807, 2.05) is 31.2 Å². The van der Waals surface area contributed by atoms with Gasteiger partial charge in [-0.15, -0.1) is 0 Å². The number of aromatic amines is 1. The highest BCUT2D eigenvalue weighted by atomic mass is 16.5. The normalized spacial score (nSPS) is 20.3. The molecule has 1 fully saturated rings. The number of hydrogen-bond acceptors (Lipinski definition) is 6. The van der Waals surface area contributed by atoms with Gasteiger partial charge >= 0.3 is 0 Å². The topological polar surface area (TPSA) is 122 Å². The molecular weight excluding hydrogens is 526 g/mol. The number of hydrogen-bond donors (Lipinski definition) is 3. The van der Waals surface area contributed by atoms with Crippen LogP contribution < -0.4 is 21.3 Å². The number of anilines is 2. The van der Waals surface area contributed by atoms with Crippen LogP contribution in [0.25, 0.3) is 11.4 Å². The first kappa shape index (κ1) is 29.5. The molecular formula is C34H43N5O3. The lowest BCUT2D eigenvalue weighted by Crippen LogP contribution is -2.27. The number of benzene rings is 2. The van der Waals surface area contributed by atoms with E-state index in [1.54, 1.807) is 6.07 Å². The Balaban J connectivity index is 1.40. The number of carbonyl (C=O) groups is 1. The molecule has 0 radical (unpaired) electrons. The number of nitrogens with one attached hydrogen (secondary N) is 2. The molecule has 0 spiro atoms. The van der Waals surface area contributed by atoms with E-state index in [1.165, 1.54) is 5.56 Å². The van der Waals surface area contributed by atoms with E-state index < -0.39 is 0 Å². The van der Waals surface area contributed by atoms with Crippen molar-refractivity contribution in [2.45, 2.75) is 90.5 Å². The van der Waals surface area contributed by atoms with E-state index in [9.17, 15) is 9.59 Å². The third-order valence-corrected chi connectivity index (χ3v) is 8.66. The summed E-state index contributed by atoms with van der Waals surface area (Å²) in [5.74, 6) is 1.51. The number of para-hydroxylation sites is 2. The SMILES string of the molecule is CCCC1=NC(CC)CCc2c1nc(-c1cc(C3CCC(C(=O)Nc4ccccc4N)CC3)ccc1OCC)[nH]c2=O. The lowest BCUT2D eigenvalue weighted by atomic mass is 9.78. The summed E-state index contributed by atoms with van der Waals surface area (Å²) in [7, 11) is 0. The molecule has 222 valence electrons. The Morgan fingerprint density at radius 3 is 2.57 bits per heavy atom. The minimum atomic E-state index is -0.0889. The average molecular weight is 570 g/mol. The zero-order chi connectivity index (χ0) is 29.6. The van der Waals surface area contributed by atoms with Crippen LogP contribution in [0.2, 0.25) is 0 Å². The number of nitrogens with two attached hydrogens (primary N) is 1. The smallest absolute Gasteiger partial charge is 0.255 e. The largest absolute Gasteiger partial charge is 0.493 e. The Kier molecular flexibility index (Phi) is 9.40. The van der Waals surface area contributed by atoms with E-state index in [-0.39, 0.29) is 23.4 Å². The van der Waals surface area contributed by atoms with Crippen LogP contribution in [0.4, 0.5) is 11.4 Å². The molecule has 4 N–H and O–H groups in total. The highest BCUT2D eigenvalue weighted by Crippen LogP contribution is 2.39. The first-order valence-electron chi connectivity index (χ1n) is 15.5. The second kappa shape index (κ2) is 13.4. The summed E-state index contributed by atoms with van der Waals surface area (Å²) in [5.41, 5.74) is 11.6. The van der Waals surface area contributed by atoms with Crippen molar-refractivity contribution >= 4 is 23.0 Å². The van der Waals surface area contributed by atoms with E-state index in [2.05, 4.69) is 36.3 Å². The zero-order valence-corrected chi connectivity index (χ0v) is 25.0. The minimum Gasteiger partial charge on any atom is -0.493 e. The van der Waals surface area contributed by atoms with Crippen LogP contribution in [0.15, 0.2) is 52.3 Å². The van der Waals surface area contributed by atoms with Crippen LogP contribution in [0.1, 0.15) is 94.9 Å². The van der Waals surface area contributed by atoms with Gasteiger partial charge in [0.25, 0.3) is 5.56 Å². The third kappa shape index (κ3) is 6.42. The molecule has 5 rings (SSSR count). The van der Waals surface area contributed by atoms with Crippen molar-refractivity contribution in [1.82, 2.24) is 9.97 Å². The standard InChI is InChI=1S/C34H43N5O3/c1-4-9-29-31-25(18-17-24(5-2)36-29)34(41)39-32(38-31)26-20-23(16-19-30(26)42-6-3)21-12-14-22(15-13-21)33(40)37-28-11-8-7-10-27(28)35/h7-8,10-11,16,19-22,24H,4-6,9,12-15,17-18,35H2,1-3H3,(H,37,40)(H,38,39,41). The van der Waals surface area contributed by atoms with Gasteiger partial charge in [0.2, 0.25) is 5.91 Å². The number of nitrogens with zero attached hydrogens (tertiary/aromatic N) is 2. The molecule has 1 saturated carbocycles. The van der Waals surface area contributed by atoms with Crippen LogP contribution in [-0.2, 0) is 11.2 Å². The van der Waals surface area contributed by atoms with E-state index in [0.717, 1.165) is 73.9 Å². The number of carbonyl (C=O) groups excluding carboxylic acids is 1. The highest BCUT2D eigenvalue weighted by Gasteiger charge is 2.29. The molecule has 8 nitrogen and oxygen atoms in total. The highest BCUT2D eigenvalue weighted by molar-refractivity contribution is 6.01. The molecule has 1 aliphatic carbocycles. The van der Waals surface area contributed by atoms with Crippen LogP contribution in [0.5, 0.6) is 5.75 Å². The number of fused-ring (bicyclic) bond motifs is 1. The van der Waals surface area contributed by atoms with Crippen molar-refractivity contribution in [2.24, 2.45) is 10.9 Å². The number of nitrogen functional groups attached to an aromatic ring is 1. The van der Waals surface area contributed by atoms with Gasteiger partial charge in [0.1, 0.15) is 11.6 Å². The third-order valence-electron chi connectivity index (χ3n) is 8.66. The van der Waals surface area contributed by atoms with E-state index in [0.29, 0.717) is 41.9 Å². The molecule has 1 aliphatic heterocycles. The Bertz CT molecular complexity index is 1500. The molecule has 2 aromatic carbocycles. The Hall–Kier alpha value is -3.94. The van der Waals surface area contributed by atoms with Crippen molar-refractivity contribution in [1.29, 1.82) is 0 Å². The number of amides is 1. The quantitative estimate of drug-likeness (QED) is 0.249. The maximum Gasteiger partial charge on any atom is 0.255 e. The molecule has 2 heterocycles. The second-order valence-electron chi connectivity index (χ2n) is 11.5. The molecule has 42 heavy (non-hydrogen) atoms. The maximum absolute atomic E-state index is 13.4. The van der Waals surface area contributed by atoms with Crippen molar-refractivity contribution in [3.8, 4) is 17.1 Å². The lowest BCUT2D eigenvalue weighted by Gasteiger charge is -2.28. The molecule has 1 unspecified atom stereocenters. The Morgan fingerprint density at radius 1 is 1.07 bits per heavy atom. The van der Waals surface area contributed by atoms with Gasteiger partial charge in [0.15, 0.2) is 0 Å². The van der Waals surface area contributed by atoms with E-state index >= 15 is 0 Å². The van der Waals surface area contributed by atoms with Gasteiger partial charge in [-0.1, -0.05) is 38.5 Å². The molecule has 1 atom stereocenters. The molecule has 1 aromatic heterocycles. The Labute approximate surface area is 248 Å².